The molecule has 4 nitrogen and oxygen atoms in total. The van der Waals surface area contributed by atoms with Gasteiger partial charge in [0.15, 0.2) is 5.82 Å². The molecular formula is C15H15BrN4. The van der Waals surface area contributed by atoms with E-state index in [4.69, 9.17) is 4.98 Å². The molecule has 1 aliphatic carbocycles. The summed E-state index contributed by atoms with van der Waals surface area (Å²) in [5, 5.41) is 0.778. The van der Waals surface area contributed by atoms with Crippen LogP contribution in [0, 0.1) is 0 Å². The second-order valence-electron chi connectivity index (χ2n) is 5.16. The Kier molecular flexibility index (Phi) is 2.88. The quantitative estimate of drug-likeness (QED) is 0.676. The van der Waals surface area contributed by atoms with Crippen molar-refractivity contribution < 1.29 is 0 Å². The summed E-state index contributed by atoms with van der Waals surface area (Å²) in [6.07, 6.45) is 8.69. The van der Waals surface area contributed by atoms with E-state index in [2.05, 4.69) is 36.1 Å². The van der Waals surface area contributed by atoms with Crippen molar-refractivity contribution in [3.05, 3.63) is 47.8 Å². The van der Waals surface area contributed by atoms with Crippen LogP contribution >= 0.6 is 15.9 Å². The van der Waals surface area contributed by atoms with Crippen molar-refractivity contribution >= 4 is 21.6 Å². The average molecular weight is 331 g/mol. The minimum absolute atomic E-state index is 0.778. The molecule has 20 heavy (non-hydrogen) atoms. The zero-order chi connectivity index (χ0) is 13.5. The summed E-state index contributed by atoms with van der Waals surface area (Å²) >= 11 is 3.60. The Morgan fingerprint density at radius 3 is 3.00 bits per heavy atom. The highest BCUT2D eigenvalue weighted by molar-refractivity contribution is 9.08. The van der Waals surface area contributed by atoms with E-state index in [9.17, 15) is 0 Å². The van der Waals surface area contributed by atoms with Gasteiger partial charge in [0.1, 0.15) is 12.0 Å². The van der Waals surface area contributed by atoms with Crippen molar-refractivity contribution in [3.63, 3.8) is 0 Å². The van der Waals surface area contributed by atoms with E-state index in [0.29, 0.717) is 0 Å². The SMILES string of the molecule is BrCc1c(-n2cnc3c2CCCC3)nc2ccccn12. The molecule has 0 amide bonds. The molecule has 3 aromatic rings. The Morgan fingerprint density at radius 2 is 2.10 bits per heavy atom. The molecule has 3 heterocycles. The van der Waals surface area contributed by atoms with Gasteiger partial charge in [-0.1, -0.05) is 22.0 Å². The van der Waals surface area contributed by atoms with E-state index in [1.165, 1.54) is 29.9 Å². The van der Waals surface area contributed by atoms with Crippen LogP contribution in [0.4, 0.5) is 0 Å². The molecule has 0 aliphatic heterocycles. The van der Waals surface area contributed by atoms with Gasteiger partial charge in [-0.2, -0.15) is 0 Å². The first-order valence-corrected chi connectivity index (χ1v) is 8.08. The predicted octanol–water partition coefficient (Wildman–Crippen LogP) is 3.29. The number of hydrogen-bond acceptors (Lipinski definition) is 2. The van der Waals surface area contributed by atoms with Gasteiger partial charge in [-0.3, -0.25) is 4.57 Å². The second-order valence-corrected chi connectivity index (χ2v) is 5.72. The molecule has 0 spiro atoms. The van der Waals surface area contributed by atoms with Crippen LogP contribution in [0.5, 0.6) is 0 Å². The zero-order valence-corrected chi connectivity index (χ0v) is 12.7. The molecule has 3 aromatic heterocycles. The number of hydrogen-bond donors (Lipinski definition) is 0. The molecule has 0 saturated carbocycles. The number of alkyl halides is 1. The minimum atomic E-state index is 0.778. The Morgan fingerprint density at radius 1 is 1.20 bits per heavy atom. The minimum Gasteiger partial charge on any atom is -0.301 e. The summed E-state index contributed by atoms with van der Waals surface area (Å²) in [6.45, 7) is 0. The molecule has 0 fully saturated rings. The normalized spacial score (nSPS) is 14.7. The summed E-state index contributed by atoms with van der Waals surface area (Å²) in [4.78, 5) is 9.37. The number of pyridine rings is 1. The fourth-order valence-corrected chi connectivity index (χ4v) is 3.52. The molecule has 0 atom stereocenters. The molecule has 0 N–H and O–H groups in total. The molecule has 0 unspecified atom stereocenters. The Hall–Kier alpha value is -1.62. The summed E-state index contributed by atoms with van der Waals surface area (Å²) in [5.74, 6) is 1.00. The third-order valence-electron chi connectivity index (χ3n) is 3.99. The van der Waals surface area contributed by atoms with Gasteiger partial charge in [-0.25, -0.2) is 9.97 Å². The van der Waals surface area contributed by atoms with Crippen LogP contribution in [0.3, 0.4) is 0 Å². The van der Waals surface area contributed by atoms with E-state index >= 15 is 0 Å². The Labute approximate surface area is 125 Å². The van der Waals surface area contributed by atoms with Gasteiger partial charge in [0.25, 0.3) is 0 Å². The van der Waals surface area contributed by atoms with Crippen molar-refractivity contribution in [3.8, 4) is 5.82 Å². The molecule has 0 bridgehead atoms. The lowest BCUT2D eigenvalue weighted by molar-refractivity contribution is 0.654. The Bertz CT molecular complexity index is 771. The largest absolute Gasteiger partial charge is 0.301 e. The molecule has 5 heteroatoms. The summed E-state index contributed by atoms with van der Waals surface area (Å²) in [7, 11) is 0. The van der Waals surface area contributed by atoms with Gasteiger partial charge in [0, 0.05) is 17.2 Å². The van der Waals surface area contributed by atoms with E-state index in [0.717, 1.165) is 29.6 Å². The standard InChI is InChI=1S/C15H15BrN4/c16-9-13-15(18-14-7-3-4-8-19(13)14)20-10-17-11-5-1-2-6-12(11)20/h3-4,7-8,10H,1-2,5-6,9H2. The molecule has 1 aliphatic rings. The highest BCUT2D eigenvalue weighted by Crippen LogP contribution is 2.26. The maximum Gasteiger partial charge on any atom is 0.161 e. The van der Waals surface area contributed by atoms with Crippen molar-refractivity contribution in [2.24, 2.45) is 0 Å². The molecule has 4 rings (SSSR count). The first-order chi connectivity index (χ1) is 9.88. The lowest BCUT2D eigenvalue weighted by Crippen LogP contribution is -2.08. The predicted molar refractivity (Wildman–Crippen MR) is 81.6 cm³/mol. The van der Waals surface area contributed by atoms with Crippen LogP contribution < -0.4 is 0 Å². The number of nitrogens with zero attached hydrogens (tertiary/aromatic N) is 4. The van der Waals surface area contributed by atoms with E-state index < -0.39 is 0 Å². The van der Waals surface area contributed by atoms with Crippen LogP contribution in [0.2, 0.25) is 0 Å². The van der Waals surface area contributed by atoms with Crippen molar-refractivity contribution in [2.45, 2.75) is 31.0 Å². The van der Waals surface area contributed by atoms with Gasteiger partial charge in [0.2, 0.25) is 0 Å². The third-order valence-corrected chi connectivity index (χ3v) is 4.52. The topological polar surface area (TPSA) is 35.1 Å². The number of fused-ring (bicyclic) bond motifs is 2. The van der Waals surface area contributed by atoms with Crippen LogP contribution in [-0.4, -0.2) is 18.9 Å². The highest BCUT2D eigenvalue weighted by atomic mass is 79.9. The second kappa shape index (κ2) is 4.74. The number of rotatable bonds is 2. The highest BCUT2D eigenvalue weighted by Gasteiger charge is 2.20. The number of aromatic nitrogens is 4. The van der Waals surface area contributed by atoms with Gasteiger partial charge >= 0.3 is 0 Å². The molecule has 0 radical (unpaired) electrons. The third kappa shape index (κ3) is 1.73. The molecule has 0 saturated heterocycles. The van der Waals surface area contributed by atoms with Crippen molar-refractivity contribution in [1.82, 2.24) is 18.9 Å². The first kappa shape index (κ1) is 12.1. The number of halogens is 1. The maximum atomic E-state index is 4.79. The van der Waals surface area contributed by atoms with E-state index in [1.54, 1.807) is 0 Å². The number of aryl methyl sites for hydroxylation is 1. The van der Waals surface area contributed by atoms with Gasteiger partial charge < -0.3 is 4.40 Å². The van der Waals surface area contributed by atoms with Crippen LogP contribution in [0.15, 0.2) is 30.7 Å². The molecule has 0 aromatic carbocycles. The molecular weight excluding hydrogens is 316 g/mol. The van der Waals surface area contributed by atoms with Crippen LogP contribution in [0.25, 0.3) is 11.5 Å². The van der Waals surface area contributed by atoms with E-state index in [1.807, 2.05) is 24.5 Å². The monoisotopic (exact) mass is 330 g/mol. The maximum absolute atomic E-state index is 4.79. The lowest BCUT2D eigenvalue weighted by atomic mass is 10.0. The summed E-state index contributed by atoms with van der Waals surface area (Å²) in [5.41, 5.74) is 4.73. The van der Waals surface area contributed by atoms with E-state index in [-0.39, 0.29) is 0 Å². The van der Waals surface area contributed by atoms with Crippen LogP contribution in [-0.2, 0) is 18.2 Å². The van der Waals surface area contributed by atoms with Crippen molar-refractivity contribution in [2.75, 3.05) is 0 Å². The van der Waals surface area contributed by atoms with Gasteiger partial charge in [0.05, 0.1) is 11.4 Å². The summed E-state index contributed by atoms with van der Waals surface area (Å²) in [6, 6.07) is 6.10. The molecule has 102 valence electrons. The van der Waals surface area contributed by atoms with Crippen LogP contribution in [0.1, 0.15) is 29.9 Å². The van der Waals surface area contributed by atoms with Gasteiger partial charge in [-0.05, 0) is 37.8 Å². The fraction of sp³-hybridized carbons (Fsp3) is 0.333. The smallest absolute Gasteiger partial charge is 0.161 e. The number of imidazole rings is 2. The average Bonchev–Trinajstić information content (AvgIpc) is 3.07. The Balaban J connectivity index is 1.96. The summed E-state index contributed by atoms with van der Waals surface area (Å²) < 4.78 is 4.32. The lowest BCUT2D eigenvalue weighted by Gasteiger charge is -2.13. The zero-order valence-electron chi connectivity index (χ0n) is 11.1. The van der Waals surface area contributed by atoms with Crippen molar-refractivity contribution in [1.29, 1.82) is 0 Å². The van der Waals surface area contributed by atoms with Gasteiger partial charge in [-0.15, -0.1) is 0 Å². The fourth-order valence-electron chi connectivity index (χ4n) is 3.00. The first-order valence-electron chi connectivity index (χ1n) is 6.96.